The van der Waals surface area contributed by atoms with Crippen LogP contribution in [0, 0.1) is 6.92 Å². The van der Waals surface area contributed by atoms with Crippen molar-refractivity contribution in [2.75, 3.05) is 13.2 Å². The number of thiol groups is 1. The number of nitrogens with one attached hydrogen (secondary N) is 1. The molecule has 2 rings (SSSR count). The second-order valence-corrected chi connectivity index (χ2v) is 5.64. The molecule has 4 heteroatoms. The maximum absolute atomic E-state index is 12.3. The molecule has 0 unspecified atom stereocenters. The minimum absolute atomic E-state index is 0.0206. The van der Waals surface area contributed by atoms with Gasteiger partial charge in [-0.2, -0.15) is 0 Å². The lowest BCUT2D eigenvalue weighted by Gasteiger charge is -2.34. The van der Waals surface area contributed by atoms with Gasteiger partial charge in [-0.3, -0.25) is 4.79 Å². The van der Waals surface area contributed by atoms with E-state index >= 15 is 0 Å². The molecule has 1 saturated heterocycles. The van der Waals surface area contributed by atoms with Crippen LogP contribution in [0.3, 0.4) is 0 Å². The Hall–Kier alpha value is -1.00. The first-order valence-electron chi connectivity index (χ1n) is 6.20. The zero-order valence-electron chi connectivity index (χ0n) is 10.8. The molecule has 1 N–H and O–H groups in total. The highest BCUT2D eigenvalue weighted by molar-refractivity contribution is 7.80. The van der Waals surface area contributed by atoms with E-state index in [1.807, 2.05) is 25.1 Å². The summed E-state index contributed by atoms with van der Waals surface area (Å²) in [5, 5.41) is 3.13. The van der Waals surface area contributed by atoms with E-state index in [0.717, 1.165) is 23.3 Å². The Morgan fingerprint density at radius 2 is 2.06 bits per heavy atom. The van der Waals surface area contributed by atoms with Gasteiger partial charge in [0.25, 0.3) is 5.91 Å². The third-order valence-electron chi connectivity index (χ3n) is 3.48. The molecule has 98 valence electrons. The molecule has 0 bridgehead atoms. The number of carbonyl (C=O) groups excluding carboxylic acids is 1. The Morgan fingerprint density at radius 3 is 2.72 bits per heavy atom. The molecule has 0 radical (unpaired) electrons. The van der Waals surface area contributed by atoms with Gasteiger partial charge < -0.3 is 10.1 Å². The zero-order chi connectivity index (χ0) is 13.2. The number of benzene rings is 1. The van der Waals surface area contributed by atoms with E-state index in [9.17, 15) is 4.79 Å². The number of rotatable bonds is 2. The molecule has 0 saturated carbocycles. The van der Waals surface area contributed by atoms with Crippen LogP contribution >= 0.6 is 12.6 Å². The SMILES string of the molecule is Cc1ccc(S)cc1C(=O)NC1(C)CCOCC1. The van der Waals surface area contributed by atoms with Gasteiger partial charge in [-0.25, -0.2) is 0 Å². The summed E-state index contributed by atoms with van der Waals surface area (Å²) in [7, 11) is 0. The first kappa shape index (κ1) is 13.4. The van der Waals surface area contributed by atoms with Crippen molar-refractivity contribution in [2.45, 2.75) is 37.1 Å². The summed E-state index contributed by atoms with van der Waals surface area (Å²) in [6.07, 6.45) is 1.72. The molecule has 1 fully saturated rings. The molecule has 0 aliphatic carbocycles. The van der Waals surface area contributed by atoms with Crippen molar-refractivity contribution in [3.8, 4) is 0 Å². The summed E-state index contributed by atoms with van der Waals surface area (Å²) in [6.45, 7) is 5.44. The third-order valence-corrected chi connectivity index (χ3v) is 3.76. The number of aryl methyl sites for hydroxylation is 1. The number of hydrogen-bond acceptors (Lipinski definition) is 3. The first-order valence-corrected chi connectivity index (χ1v) is 6.65. The smallest absolute Gasteiger partial charge is 0.252 e. The van der Waals surface area contributed by atoms with Gasteiger partial charge >= 0.3 is 0 Å². The molecule has 0 aromatic heterocycles. The van der Waals surface area contributed by atoms with Crippen LogP contribution in [0.2, 0.25) is 0 Å². The highest BCUT2D eigenvalue weighted by atomic mass is 32.1. The Morgan fingerprint density at radius 1 is 1.39 bits per heavy atom. The van der Waals surface area contributed by atoms with Gasteiger partial charge in [-0.05, 0) is 44.4 Å². The summed E-state index contributed by atoms with van der Waals surface area (Å²) >= 11 is 4.28. The number of ether oxygens (including phenoxy) is 1. The second-order valence-electron chi connectivity index (χ2n) is 5.13. The van der Waals surface area contributed by atoms with Crippen molar-refractivity contribution in [3.05, 3.63) is 29.3 Å². The van der Waals surface area contributed by atoms with E-state index in [0.29, 0.717) is 18.8 Å². The molecule has 1 aliphatic rings. The normalized spacial score (nSPS) is 18.4. The molecular formula is C14H19NO2S. The van der Waals surface area contributed by atoms with Crippen LogP contribution in [0.15, 0.2) is 23.1 Å². The van der Waals surface area contributed by atoms with E-state index in [1.165, 1.54) is 0 Å². The van der Waals surface area contributed by atoms with Gasteiger partial charge in [0.15, 0.2) is 0 Å². The highest BCUT2D eigenvalue weighted by Crippen LogP contribution is 2.21. The van der Waals surface area contributed by atoms with Gasteiger partial charge in [-0.1, -0.05) is 6.07 Å². The van der Waals surface area contributed by atoms with Gasteiger partial charge in [-0.15, -0.1) is 12.6 Å². The van der Waals surface area contributed by atoms with E-state index < -0.39 is 0 Å². The summed E-state index contributed by atoms with van der Waals surface area (Å²) in [5.41, 5.74) is 1.52. The van der Waals surface area contributed by atoms with E-state index in [-0.39, 0.29) is 11.4 Å². The number of carbonyl (C=O) groups is 1. The molecular weight excluding hydrogens is 246 g/mol. The maximum atomic E-state index is 12.3. The fourth-order valence-electron chi connectivity index (χ4n) is 2.14. The van der Waals surface area contributed by atoms with Crippen LogP contribution in [0.1, 0.15) is 35.7 Å². The van der Waals surface area contributed by atoms with E-state index in [4.69, 9.17) is 4.74 Å². The average Bonchev–Trinajstić information content (AvgIpc) is 2.32. The second kappa shape index (κ2) is 5.33. The monoisotopic (exact) mass is 265 g/mol. The lowest BCUT2D eigenvalue weighted by atomic mass is 9.92. The van der Waals surface area contributed by atoms with Crippen molar-refractivity contribution in [1.82, 2.24) is 5.32 Å². The molecule has 1 aliphatic heterocycles. The van der Waals surface area contributed by atoms with Crippen LogP contribution in [0.5, 0.6) is 0 Å². The van der Waals surface area contributed by atoms with Gasteiger partial charge in [0.1, 0.15) is 0 Å². The van der Waals surface area contributed by atoms with Crippen molar-refractivity contribution in [2.24, 2.45) is 0 Å². The molecule has 1 aromatic rings. The third kappa shape index (κ3) is 3.06. The highest BCUT2D eigenvalue weighted by Gasteiger charge is 2.29. The van der Waals surface area contributed by atoms with Crippen molar-refractivity contribution < 1.29 is 9.53 Å². The average molecular weight is 265 g/mol. The topological polar surface area (TPSA) is 38.3 Å². The van der Waals surface area contributed by atoms with Crippen molar-refractivity contribution in [1.29, 1.82) is 0 Å². The molecule has 0 atom stereocenters. The molecule has 18 heavy (non-hydrogen) atoms. The fourth-order valence-corrected chi connectivity index (χ4v) is 2.35. The quantitative estimate of drug-likeness (QED) is 0.807. The van der Waals surface area contributed by atoms with Gasteiger partial charge in [0.2, 0.25) is 0 Å². The Kier molecular flexibility index (Phi) is 3.97. The molecule has 1 amide bonds. The van der Waals surface area contributed by atoms with Crippen LogP contribution in [-0.4, -0.2) is 24.7 Å². The van der Waals surface area contributed by atoms with Crippen LogP contribution < -0.4 is 5.32 Å². The van der Waals surface area contributed by atoms with Crippen LogP contribution in [0.25, 0.3) is 0 Å². The summed E-state index contributed by atoms with van der Waals surface area (Å²) in [4.78, 5) is 13.1. The number of amides is 1. The minimum atomic E-state index is -0.158. The standard InChI is InChI=1S/C14H19NO2S/c1-10-3-4-11(18)9-12(10)13(16)15-14(2)5-7-17-8-6-14/h3-4,9,18H,5-8H2,1-2H3,(H,15,16). The Balaban J connectivity index is 2.14. The Labute approximate surface area is 113 Å². The molecule has 3 nitrogen and oxygen atoms in total. The van der Waals surface area contributed by atoms with Crippen molar-refractivity contribution in [3.63, 3.8) is 0 Å². The predicted octanol–water partition coefficient (Wildman–Crippen LogP) is 2.58. The van der Waals surface area contributed by atoms with Crippen LogP contribution in [-0.2, 0) is 4.74 Å². The predicted molar refractivity (Wildman–Crippen MR) is 74.4 cm³/mol. The summed E-state index contributed by atoms with van der Waals surface area (Å²) in [5.74, 6) is -0.0206. The van der Waals surface area contributed by atoms with Gasteiger partial charge in [0.05, 0.1) is 0 Å². The largest absolute Gasteiger partial charge is 0.381 e. The van der Waals surface area contributed by atoms with Gasteiger partial charge in [0, 0.05) is 29.2 Å². The maximum Gasteiger partial charge on any atom is 0.252 e. The summed E-state index contributed by atoms with van der Waals surface area (Å²) < 4.78 is 5.33. The molecule has 1 heterocycles. The lowest BCUT2D eigenvalue weighted by molar-refractivity contribution is 0.0422. The fraction of sp³-hybridized carbons (Fsp3) is 0.500. The zero-order valence-corrected chi connectivity index (χ0v) is 11.7. The van der Waals surface area contributed by atoms with E-state index in [2.05, 4.69) is 24.9 Å². The minimum Gasteiger partial charge on any atom is -0.381 e. The number of hydrogen-bond donors (Lipinski definition) is 2. The Bertz CT molecular complexity index is 453. The first-order chi connectivity index (χ1) is 8.50. The van der Waals surface area contributed by atoms with E-state index in [1.54, 1.807) is 0 Å². The van der Waals surface area contributed by atoms with Crippen LogP contribution in [0.4, 0.5) is 0 Å². The van der Waals surface area contributed by atoms with Crippen molar-refractivity contribution >= 4 is 18.5 Å². The lowest BCUT2D eigenvalue weighted by Crippen LogP contribution is -2.49. The summed E-state index contributed by atoms with van der Waals surface area (Å²) in [6, 6.07) is 5.63. The molecule has 0 spiro atoms. The molecule has 1 aromatic carbocycles.